The van der Waals surface area contributed by atoms with E-state index in [1.54, 1.807) is 0 Å². The lowest BCUT2D eigenvalue weighted by atomic mass is 9.86. The zero-order valence-corrected chi connectivity index (χ0v) is 25.6. The van der Waals surface area contributed by atoms with Gasteiger partial charge < -0.3 is 36.6 Å². The molecule has 1 aliphatic carbocycles. The Labute approximate surface area is 248 Å². The second-order valence-corrected chi connectivity index (χ2v) is 12.9. The summed E-state index contributed by atoms with van der Waals surface area (Å²) in [6.45, 7) is 3.02. The number of rotatable bonds is 23. The number of carbonyl (C=O) groups is 1. The lowest BCUT2D eigenvalue weighted by molar-refractivity contribution is -0.146. The maximum absolute atomic E-state index is 12.0. The molecule has 1 aliphatic heterocycles. The number of allylic oxidation sites excluding steroid dienone is 2. The van der Waals surface area contributed by atoms with E-state index < -0.39 is 23.6 Å². The average molecular weight is 581 g/mol. The number of dihydropyridines is 1. The molecule has 0 radical (unpaired) electrons. The van der Waals surface area contributed by atoms with Crippen molar-refractivity contribution in [3.63, 3.8) is 0 Å². The third-order valence-electron chi connectivity index (χ3n) is 9.32. The maximum Gasteiger partial charge on any atom is 0.309 e. The molecule has 41 heavy (non-hydrogen) atoms. The minimum atomic E-state index is -0.990. The van der Waals surface area contributed by atoms with E-state index in [0.717, 1.165) is 63.4 Å². The summed E-state index contributed by atoms with van der Waals surface area (Å²) < 4.78 is 0. The monoisotopic (exact) mass is 580 g/mol. The van der Waals surface area contributed by atoms with Crippen LogP contribution in [0.4, 0.5) is 0 Å². The molecule has 0 saturated heterocycles. The number of carboxylic acid groups (broad SMARTS) is 1. The Morgan fingerprint density at radius 1 is 0.976 bits per heavy atom. The van der Waals surface area contributed by atoms with Crippen molar-refractivity contribution in [1.82, 2.24) is 5.32 Å². The highest BCUT2D eigenvalue weighted by molar-refractivity contribution is 5.70. The first-order valence-electron chi connectivity index (χ1n) is 16.5. The van der Waals surface area contributed by atoms with Gasteiger partial charge in [-0.15, -0.1) is 0 Å². The molecule has 2 rings (SSSR count). The van der Waals surface area contributed by atoms with Crippen molar-refractivity contribution < 1.29 is 30.3 Å². The van der Waals surface area contributed by atoms with Gasteiger partial charge in [-0.05, 0) is 87.7 Å². The zero-order chi connectivity index (χ0) is 30.1. The maximum atomic E-state index is 12.0. The van der Waals surface area contributed by atoms with Crippen molar-refractivity contribution in [1.29, 1.82) is 0 Å². The van der Waals surface area contributed by atoms with Crippen molar-refractivity contribution in [2.75, 3.05) is 13.2 Å². The normalized spacial score (nSPS) is 24.8. The van der Waals surface area contributed by atoms with Crippen LogP contribution in [-0.2, 0) is 4.79 Å². The predicted octanol–water partition coefficient (Wildman–Crippen LogP) is 5.14. The number of aliphatic carboxylic acids is 1. The summed E-state index contributed by atoms with van der Waals surface area (Å²) in [5, 5.41) is 54.7. The van der Waals surface area contributed by atoms with Gasteiger partial charge in [0.2, 0.25) is 0 Å². The van der Waals surface area contributed by atoms with Crippen molar-refractivity contribution in [3.8, 4) is 0 Å². The van der Waals surface area contributed by atoms with E-state index in [0.29, 0.717) is 44.5 Å². The molecule has 1 heterocycles. The lowest BCUT2D eigenvalue weighted by Gasteiger charge is -2.26. The topological polar surface area (TPSA) is 156 Å². The number of carboxylic acids is 1. The number of nitrogens with one attached hydrogen (secondary N) is 1. The van der Waals surface area contributed by atoms with Crippen LogP contribution in [0.2, 0.25) is 0 Å². The van der Waals surface area contributed by atoms with E-state index >= 15 is 0 Å². The van der Waals surface area contributed by atoms with Gasteiger partial charge in [-0.2, -0.15) is 0 Å². The van der Waals surface area contributed by atoms with Gasteiger partial charge in [-0.3, -0.25) is 4.79 Å². The van der Waals surface area contributed by atoms with Crippen LogP contribution in [0.1, 0.15) is 129 Å². The van der Waals surface area contributed by atoms with Crippen LogP contribution in [0.5, 0.6) is 0 Å². The summed E-state index contributed by atoms with van der Waals surface area (Å²) in [6.07, 6.45) is 18.7. The third-order valence-corrected chi connectivity index (χ3v) is 9.32. The van der Waals surface area contributed by atoms with Crippen molar-refractivity contribution in [2.24, 2.45) is 23.5 Å². The Morgan fingerprint density at radius 2 is 1.61 bits per heavy atom. The molecule has 1 saturated carbocycles. The number of hydrogen-bond donors (Lipinski definition) is 7. The fraction of sp³-hybridized carbons (Fsp3) is 0.848. The molecule has 6 unspecified atom stereocenters. The van der Waals surface area contributed by atoms with Crippen LogP contribution < -0.4 is 11.1 Å². The number of nitrogens with two attached hydrogens (primary N) is 1. The van der Waals surface area contributed by atoms with E-state index in [2.05, 4.69) is 18.3 Å². The summed E-state index contributed by atoms with van der Waals surface area (Å²) >= 11 is 0. The molecule has 6 atom stereocenters. The molecule has 1 fully saturated rings. The summed E-state index contributed by atoms with van der Waals surface area (Å²) in [5.41, 5.74) is 6.16. The summed E-state index contributed by atoms with van der Waals surface area (Å²) in [7, 11) is 0. The zero-order valence-electron chi connectivity index (χ0n) is 25.6. The van der Waals surface area contributed by atoms with Gasteiger partial charge >= 0.3 is 5.97 Å². The Morgan fingerprint density at radius 3 is 2.22 bits per heavy atom. The lowest BCUT2D eigenvalue weighted by Crippen LogP contribution is -2.32. The molecule has 0 aromatic heterocycles. The van der Waals surface area contributed by atoms with E-state index in [9.17, 15) is 30.3 Å². The van der Waals surface area contributed by atoms with Gasteiger partial charge in [0.15, 0.2) is 0 Å². The molecule has 0 amide bonds. The first-order chi connectivity index (χ1) is 19.7. The van der Waals surface area contributed by atoms with Crippen molar-refractivity contribution in [2.45, 2.75) is 147 Å². The molecule has 0 aromatic carbocycles. The van der Waals surface area contributed by atoms with E-state index in [-0.39, 0.29) is 31.0 Å². The highest BCUT2D eigenvalue weighted by Crippen LogP contribution is 2.47. The molecular formula is C33H60N2O6. The van der Waals surface area contributed by atoms with Gasteiger partial charge in [0.05, 0.1) is 29.5 Å². The Hall–Kier alpha value is -1.61. The summed E-state index contributed by atoms with van der Waals surface area (Å²) in [6, 6.07) is 0. The number of aliphatic hydroxyl groups excluding tert-OH is 3. The number of aliphatic hydroxyl groups is 4. The molecule has 2 aliphatic rings. The quantitative estimate of drug-likeness (QED) is 0.0819. The highest BCUT2D eigenvalue weighted by Gasteiger charge is 2.44. The second-order valence-electron chi connectivity index (χ2n) is 12.9. The van der Waals surface area contributed by atoms with E-state index in [1.807, 2.05) is 6.08 Å². The van der Waals surface area contributed by atoms with Crippen LogP contribution in [0, 0.1) is 17.8 Å². The van der Waals surface area contributed by atoms with Crippen LogP contribution >= 0.6 is 0 Å². The Balaban J connectivity index is 1.74. The Bertz CT molecular complexity index is 803. The minimum Gasteiger partial charge on any atom is -0.481 e. The molecule has 8 heteroatoms. The van der Waals surface area contributed by atoms with E-state index in [4.69, 9.17) is 5.73 Å². The van der Waals surface area contributed by atoms with Gasteiger partial charge in [0.25, 0.3) is 0 Å². The smallest absolute Gasteiger partial charge is 0.309 e. The largest absolute Gasteiger partial charge is 0.481 e. The van der Waals surface area contributed by atoms with E-state index in [1.165, 1.54) is 25.7 Å². The molecule has 0 bridgehead atoms. The van der Waals surface area contributed by atoms with Gasteiger partial charge in [0, 0.05) is 13.2 Å². The van der Waals surface area contributed by atoms with Crippen LogP contribution in [0.3, 0.4) is 0 Å². The standard InChI is InChI=1S/C33H60N2O6/c1-2-3-4-5-8-13-28(37)14-9-6-7-10-15-29(32(39)40)30(38)16-18-33(41)23-26(12-11-20-36)27(24-33)21-25-17-19-35-31(34)22-25/h17,22,26-30,35-38,41H,2-16,18-21,23-24,34H2,1H3,(H,39,40). The number of hydrogen-bond acceptors (Lipinski definition) is 7. The predicted molar refractivity (Wildman–Crippen MR) is 164 cm³/mol. The second kappa shape index (κ2) is 19.6. The fourth-order valence-electron chi connectivity index (χ4n) is 6.91. The molecule has 8 nitrogen and oxygen atoms in total. The van der Waals surface area contributed by atoms with Crippen molar-refractivity contribution >= 4 is 5.97 Å². The van der Waals surface area contributed by atoms with Gasteiger partial charge in [-0.1, -0.05) is 70.8 Å². The highest BCUT2D eigenvalue weighted by atomic mass is 16.4. The average Bonchev–Trinajstić information content (AvgIpc) is 3.24. The molecular weight excluding hydrogens is 520 g/mol. The SMILES string of the molecule is CCCCCCCC(O)CCCCCCC(C(=O)O)C(O)CCC1(O)CC(CCCO)C(CC2=CCNC(N)=C2)C1. The molecule has 238 valence electrons. The van der Waals surface area contributed by atoms with Crippen LogP contribution in [0.15, 0.2) is 23.5 Å². The third kappa shape index (κ3) is 13.9. The number of unbranched alkanes of at least 4 members (excludes halogenated alkanes) is 7. The summed E-state index contributed by atoms with van der Waals surface area (Å²) in [5.74, 6) is -0.634. The molecule has 0 spiro atoms. The first-order valence-corrected chi connectivity index (χ1v) is 16.5. The van der Waals surface area contributed by atoms with Gasteiger partial charge in [-0.25, -0.2) is 0 Å². The summed E-state index contributed by atoms with van der Waals surface area (Å²) in [4.78, 5) is 12.0. The van der Waals surface area contributed by atoms with Crippen LogP contribution in [0.25, 0.3) is 0 Å². The minimum absolute atomic E-state index is 0.125. The molecule has 0 aromatic rings. The fourth-order valence-corrected chi connectivity index (χ4v) is 6.91. The first kappa shape index (κ1) is 35.6. The Kier molecular flexibility index (Phi) is 17.0. The molecule has 8 N–H and O–H groups in total. The van der Waals surface area contributed by atoms with Crippen molar-refractivity contribution in [3.05, 3.63) is 23.5 Å². The van der Waals surface area contributed by atoms with Crippen LogP contribution in [-0.4, -0.2) is 62.5 Å². The van der Waals surface area contributed by atoms with Gasteiger partial charge in [0.1, 0.15) is 0 Å².